The Hall–Kier alpha value is -3.91. The van der Waals surface area contributed by atoms with Crippen LogP contribution in [-0.4, -0.2) is 43.1 Å². The number of amides is 1. The first-order valence-electron chi connectivity index (χ1n) is 12.1. The van der Waals surface area contributed by atoms with Crippen LogP contribution in [0.5, 0.6) is 0 Å². The third-order valence-electron chi connectivity index (χ3n) is 6.65. The van der Waals surface area contributed by atoms with Crippen molar-refractivity contribution in [1.82, 2.24) is 24.1 Å². The van der Waals surface area contributed by atoms with E-state index in [-0.39, 0.29) is 11.5 Å². The Kier molecular flexibility index (Phi) is 5.81. The molecular formula is C28H25N5O2S. The number of para-hydroxylation sites is 1. The summed E-state index contributed by atoms with van der Waals surface area (Å²) in [5.74, 6) is 1.25. The molecule has 36 heavy (non-hydrogen) atoms. The fourth-order valence-corrected chi connectivity index (χ4v) is 5.59. The van der Waals surface area contributed by atoms with Crippen LogP contribution in [0.1, 0.15) is 34.3 Å². The van der Waals surface area contributed by atoms with Gasteiger partial charge in [0.05, 0.1) is 16.6 Å². The highest BCUT2D eigenvalue weighted by molar-refractivity contribution is 7.98. The molecule has 1 amide bonds. The van der Waals surface area contributed by atoms with Crippen LogP contribution in [0.3, 0.4) is 0 Å². The van der Waals surface area contributed by atoms with Gasteiger partial charge in [-0.2, -0.15) is 0 Å². The van der Waals surface area contributed by atoms with Gasteiger partial charge in [0.25, 0.3) is 11.5 Å². The van der Waals surface area contributed by atoms with Gasteiger partial charge in [0.15, 0.2) is 5.16 Å². The van der Waals surface area contributed by atoms with Gasteiger partial charge >= 0.3 is 0 Å². The van der Waals surface area contributed by atoms with Crippen molar-refractivity contribution < 1.29 is 4.79 Å². The van der Waals surface area contributed by atoms with E-state index in [1.54, 1.807) is 16.3 Å². The second-order valence-electron chi connectivity index (χ2n) is 9.10. The minimum atomic E-state index is -0.121. The first-order chi connectivity index (χ1) is 17.6. The van der Waals surface area contributed by atoms with Gasteiger partial charge in [-0.1, -0.05) is 53.7 Å². The van der Waals surface area contributed by atoms with Crippen molar-refractivity contribution in [2.24, 2.45) is 0 Å². The summed E-state index contributed by atoms with van der Waals surface area (Å²) in [6.45, 7) is 3.71. The zero-order valence-corrected chi connectivity index (χ0v) is 20.7. The summed E-state index contributed by atoms with van der Waals surface area (Å²) >= 11 is 1.55. The minimum Gasteiger partial charge on any atom is -0.339 e. The van der Waals surface area contributed by atoms with Gasteiger partial charge in [0.1, 0.15) is 0 Å². The van der Waals surface area contributed by atoms with Crippen molar-refractivity contribution in [3.63, 3.8) is 0 Å². The number of rotatable bonds is 5. The molecule has 180 valence electrons. The molecule has 0 N–H and O–H groups in total. The van der Waals surface area contributed by atoms with Gasteiger partial charge < -0.3 is 4.90 Å². The van der Waals surface area contributed by atoms with Gasteiger partial charge in [0, 0.05) is 24.4 Å². The number of aromatic nitrogens is 4. The van der Waals surface area contributed by atoms with Crippen molar-refractivity contribution in [1.29, 1.82) is 0 Å². The number of thioether (sulfide) groups is 1. The number of fused-ring (bicyclic) bond motifs is 3. The first kappa shape index (κ1) is 22.5. The Morgan fingerprint density at radius 2 is 1.64 bits per heavy atom. The third kappa shape index (κ3) is 3.97. The molecule has 0 bridgehead atoms. The standard InChI is InChI=1S/C28H25N5O2S/c1-19-8-14-22(15-9-19)32-26(35)23-6-2-3-7-24(23)33-27(32)29-30-28(33)36-18-20-10-12-21(13-11-20)25(34)31-16-4-5-17-31/h2-3,6-15H,4-5,16-18H2,1H3. The fourth-order valence-electron chi connectivity index (χ4n) is 4.69. The zero-order chi connectivity index (χ0) is 24.6. The average molecular weight is 496 g/mol. The summed E-state index contributed by atoms with van der Waals surface area (Å²) in [5, 5.41) is 10.2. The molecule has 1 aliphatic heterocycles. The molecule has 3 heterocycles. The maximum atomic E-state index is 13.4. The Labute approximate surface area is 212 Å². The molecule has 0 saturated carbocycles. The Bertz CT molecular complexity index is 1630. The zero-order valence-electron chi connectivity index (χ0n) is 19.9. The number of nitrogens with zero attached hydrogens (tertiary/aromatic N) is 5. The predicted octanol–water partition coefficient (Wildman–Crippen LogP) is 4.87. The topological polar surface area (TPSA) is 72.5 Å². The highest BCUT2D eigenvalue weighted by Gasteiger charge is 2.20. The third-order valence-corrected chi connectivity index (χ3v) is 7.65. The number of hydrogen-bond donors (Lipinski definition) is 0. The summed E-state index contributed by atoms with van der Waals surface area (Å²) in [5.41, 5.74) is 4.35. The number of likely N-dealkylation sites (tertiary alicyclic amines) is 1. The minimum absolute atomic E-state index is 0.107. The van der Waals surface area contributed by atoms with Crippen LogP contribution in [0.2, 0.25) is 0 Å². The van der Waals surface area contributed by atoms with Crippen LogP contribution in [0, 0.1) is 6.92 Å². The number of hydrogen-bond acceptors (Lipinski definition) is 5. The highest BCUT2D eigenvalue weighted by Crippen LogP contribution is 2.26. The maximum absolute atomic E-state index is 13.4. The maximum Gasteiger partial charge on any atom is 0.267 e. The van der Waals surface area contributed by atoms with Crippen LogP contribution in [0.4, 0.5) is 0 Å². The van der Waals surface area contributed by atoms with Gasteiger partial charge in [-0.15, -0.1) is 10.2 Å². The smallest absolute Gasteiger partial charge is 0.267 e. The van der Waals surface area contributed by atoms with Gasteiger partial charge in [0.2, 0.25) is 5.78 Å². The fraction of sp³-hybridized carbons (Fsp3) is 0.214. The lowest BCUT2D eigenvalue weighted by molar-refractivity contribution is 0.0793. The van der Waals surface area contributed by atoms with E-state index in [0.29, 0.717) is 22.1 Å². The van der Waals surface area contributed by atoms with Gasteiger partial charge in [-0.25, -0.2) is 4.57 Å². The van der Waals surface area contributed by atoms with E-state index >= 15 is 0 Å². The molecule has 6 rings (SSSR count). The van der Waals surface area contributed by atoms with Crippen molar-refractivity contribution in [2.45, 2.75) is 30.7 Å². The molecule has 1 fully saturated rings. The van der Waals surface area contributed by atoms with E-state index in [4.69, 9.17) is 0 Å². The molecule has 0 spiro atoms. The molecule has 1 aliphatic rings. The Morgan fingerprint density at radius 1 is 0.917 bits per heavy atom. The van der Waals surface area contributed by atoms with Crippen molar-refractivity contribution >= 4 is 34.3 Å². The van der Waals surface area contributed by atoms with Crippen LogP contribution in [0.15, 0.2) is 82.7 Å². The summed E-state index contributed by atoms with van der Waals surface area (Å²) in [4.78, 5) is 28.0. The van der Waals surface area contributed by atoms with Gasteiger partial charge in [-0.3, -0.25) is 14.0 Å². The number of carbonyl (C=O) groups is 1. The lowest BCUT2D eigenvalue weighted by Crippen LogP contribution is -2.27. The molecular weight excluding hydrogens is 470 g/mol. The van der Waals surface area contributed by atoms with Crippen molar-refractivity contribution in [3.05, 3.63) is 99.8 Å². The molecule has 0 atom stereocenters. The predicted molar refractivity (Wildman–Crippen MR) is 142 cm³/mol. The van der Waals surface area contributed by atoms with Crippen LogP contribution < -0.4 is 5.56 Å². The normalized spacial score (nSPS) is 13.6. The van der Waals surface area contributed by atoms with E-state index in [1.807, 2.05) is 89.0 Å². The lowest BCUT2D eigenvalue weighted by Gasteiger charge is -2.15. The Morgan fingerprint density at radius 3 is 2.39 bits per heavy atom. The molecule has 0 unspecified atom stereocenters. The van der Waals surface area contributed by atoms with E-state index in [1.165, 1.54) is 0 Å². The SMILES string of the molecule is Cc1ccc(-n2c(=O)c3ccccc3n3c(SCc4ccc(C(=O)N5CCCC5)cc4)nnc23)cc1. The lowest BCUT2D eigenvalue weighted by atomic mass is 10.1. The molecule has 1 saturated heterocycles. The van der Waals surface area contributed by atoms with Crippen LogP contribution in [-0.2, 0) is 5.75 Å². The molecule has 2 aromatic heterocycles. The second kappa shape index (κ2) is 9.28. The first-order valence-corrected chi connectivity index (χ1v) is 13.1. The van der Waals surface area contributed by atoms with E-state index < -0.39 is 0 Å². The molecule has 0 aliphatic carbocycles. The summed E-state index contributed by atoms with van der Waals surface area (Å²) in [6.07, 6.45) is 2.17. The van der Waals surface area contributed by atoms with E-state index in [0.717, 1.165) is 53.8 Å². The van der Waals surface area contributed by atoms with E-state index in [2.05, 4.69) is 10.2 Å². The second-order valence-corrected chi connectivity index (χ2v) is 10.0. The average Bonchev–Trinajstić information content (AvgIpc) is 3.59. The summed E-state index contributed by atoms with van der Waals surface area (Å²) < 4.78 is 3.57. The molecule has 3 aromatic carbocycles. The van der Waals surface area contributed by atoms with Crippen LogP contribution in [0.25, 0.3) is 22.4 Å². The monoisotopic (exact) mass is 495 g/mol. The van der Waals surface area contributed by atoms with Crippen LogP contribution >= 0.6 is 11.8 Å². The number of benzene rings is 3. The summed E-state index contributed by atoms with van der Waals surface area (Å²) in [7, 11) is 0. The number of carbonyl (C=O) groups excluding carboxylic acids is 1. The van der Waals surface area contributed by atoms with Gasteiger partial charge in [-0.05, 0) is 61.7 Å². The molecule has 8 heteroatoms. The molecule has 7 nitrogen and oxygen atoms in total. The van der Waals surface area contributed by atoms with Crippen molar-refractivity contribution in [2.75, 3.05) is 13.1 Å². The number of aryl methyl sites for hydroxylation is 1. The summed E-state index contributed by atoms with van der Waals surface area (Å²) in [6, 6.07) is 23.2. The largest absolute Gasteiger partial charge is 0.339 e. The quantitative estimate of drug-likeness (QED) is 0.325. The van der Waals surface area contributed by atoms with Crippen molar-refractivity contribution in [3.8, 4) is 5.69 Å². The molecule has 0 radical (unpaired) electrons. The highest BCUT2D eigenvalue weighted by atomic mass is 32.2. The Balaban J connectivity index is 1.34. The molecule has 5 aromatic rings. The van der Waals surface area contributed by atoms with E-state index in [9.17, 15) is 9.59 Å².